The maximum atomic E-state index is 5.81. The largest absolute Gasteiger partial charge is 0.370 e. The van der Waals surface area contributed by atoms with Crippen LogP contribution in [0.4, 0.5) is 0 Å². The summed E-state index contributed by atoms with van der Waals surface area (Å²) in [5, 5.41) is 5.25. The molecule has 0 spiro atoms. The Labute approximate surface area is 138 Å². The predicted octanol–water partition coefficient (Wildman–Crippen LogP) is 3.64. The van der Waals surface area contributed by atoms with Crippen molar-refractivity contribution in [3.63, 3.8) is 0 Å². The van der Waals surface area contributed by atoms with E-state index in [1.54, 1.807) is 11.3 Å². The molecule has 0 fully saturated rings. The third kappa shape index (κ3) is 10.2. The third-order valence-electron chi connectivity index (χ3n) is 2.62. The molecule has 0 aliphatic rings. The molecule has 1 aromatic heterocycles. The number of guanidine groups is 1. The van der Waals surface area contributed by atoms with Crippen molar-refractivity contribution in [3.05, 3.63) is 22.4 Å². The molecule has 3 N–H and O–H groups in total. The number of halogens is 1. The van der Waals surface area contributed by atoms with E-state index in [0.717, 1.165) is 25.9 Å². The maximum absolute atomic E-state index is 5.81. The van der Waals surface area contributed by atoms with E-state index in [1.807, 2.05) is 0 Å². The lowest BCUT2D eigenvalue weighted by Crippen LogP contribution is -2.33. The van der Waals surface area contributed by atoms with E-state index >= 15 is 0 Å². The quantitative estimate of drug-likeness (QED) is 0.335. The van der Waals surface area contributed by atoms with E-state index in [-0.39, 0.29) is 24.0 Å². The molecule has 0 aliphatic heterocycles. The van der Waals surface area contributed by atoms with Gasteiger partial charge in [0.25, 0.3) is 0 Å². The zero-order valence-corrected chi connectivity index (χ0v) is 15.3. The summed E-state index contributed by atoms with van der Waals surface area (Å²) in [6, 6.07) is 4.22. The van der Waals surface area contributed by atoms with Crippen molar-refractivity contribution in [1.82, 2.24) is 5.32 Å². The summed E-state index contributed by atoms with van der Waals surface area (Å²) in [6.07, 6.45) is 3.28. The first-order chi connectivity index (χ1) is 8.47. The summed E-state index contributed by atoms with van der Waals surface area (Å²) in [4.78, 5) is 5.71. The number of nitrogens with zero attached hydrogens (tertiary/aromatic N) is 1. The van der Waals surface area contributed by atoms with Gasteiger partial charge in [-0.1, -0.05) is 26.8 Å². The Morgan fingerprint density at radius 2 is 2.16 bits per heavy atom. The second-order valence-corrected chi connectivity index (χ2v) is 6.72. The molecule has 19 heavy (non-hydrogen) atoms. The summed E-state index contributed by atoms with van der Waals surface area (Å²) in [5.74, 6) is 0.570. The zero-order chi connectivity index (χ0) is 13.4. The van der Waals surface area contributed by atoms with Gasteiger partial charge in [-0.05, 0) is 36.1 Å². The van der Waals surface area contributed by atoms with E-state index in [0.29, 0.717) is 11.4 Å². The molecule has 1 rings (SSSR count). The Bertz CT molecular complexity index is 355. The van der Waals surface area contributed by atoms with Gasteiger partial charge in [-0.3, -0.25) is 4.99 Å². The van der Waals surface area contributed by atoms with Gasteiger partial charge in [0.05, 0.1) is 0 Å². The lowest BCUT2D eigenvalue weighted by Gasteiger charge is -2.16. The van der Waals surface area contributed by atoms with Crippen LogP contribution in [0.15, 0.2) is 22.5 Å². The van der Waals surface area contributed by atoms with E-state index in [9.17, 15) is 0 Å². The number of thiophene rings is 1. The highest BCUT2D eigenvalue weighted by Crippen LogP contribution is 2.20. The zero-order valence-electron chi connectivity index (χ0n) is 12.1. The van der Waals surface area contributed by atoms with E-state index in [1.165, 1.54) is 11.3 Å². The van der Waals surface area contributed by atoms with Crippen molar-refractivity contribution in [2.24, 2.45) is 16.1 Å². The highest BCUT2D eigenvalue weighted by atomic mass is 127. The minimum absolute atomic E-state index is 0. The predicted molar refractivity (Wildman–Crippen MR) is 96.6 cm³/mol. The van der Waals surface area contributed by atoms with Crippen LogP contribution in [0.1, 0.15) is 38.5 Å². The first kappa shape index (κ1) is 18.7. The van der Waals surface area contributed by atoms with E-state index in [4.69, 9.17) is 5.73 Å². The first-order valence-electron chi connectivity index (χ1n) is 6.53. The number of hydrogen-bond donors (Lipinski definition) is 2. The molecule has 1 aromatic rings. The van der Waals surface area contributed by atoms with Crippen molar-refractivity contribution in [1.29, 1.82) is 0 Å². The van der Waals surface area contributed by atoms with Crippen LogP contribution in [0.25, 0.3) is 0 Å². The smallest absolute Gasteiger partial charge is 0.188 e. The van der Waals surface area contributed by atoms with Gasteiger partial charge < -0.3 is 11.1 Å². The van der Waals surface area contributed by atoms with Gasteiger partial charge in [0.15, 0.2) is 5.96 Å². The van der Waals surface area contributed by atoms with Crippen LogP contribution in [-0.4, -0.2) is 19.0 Å². The standard InChI is InChI=1S/C14H25N3S.HI/c1-14(2,3)8-5-9-16-13(15)17-10-7-12-6-4-11-18-12;/h4,6,11H,5,7-10H2,1-3H3,(H3,15,16,17);1H. The second-order valence-electron chi connectivity index (χ2n) is 5.69. The second kappa shape index (κ2) is 9.58. The van der Waals surface area contributed by atoms with Gasteiger partial charge in [0.1, 0.15) is 0 Å². The van der Waals surface area contributed by atoms with Gasteiger partial charge in [0, 0.05) is 18.0 Å². The summed E-state index contributed by atoms with van der Waals surface area (Å²) in [5.41, 5.74) is 6.19. The molecule has 0 aliphatic carbocycles. The molecule has 0 bridgehead atoms. The minimum atomic E-state index is 0. The molecule has 0 aromatic carbocycles. The Balaban J connectivity index is 0.00000324. The minimum Gasteiger partial charge on any atom is -0.370 e. The van der Waals surface area contributed by atoms with Crippen molar-refractivity contribution < 1.29 is 0 Å². The van der Waals surface area contributed by atoms with Crippen molar-refractivity contribution in [2.45, 2.75) is 40.0 Å². The van der Waals surface area contributed by atoms with Crippen LogP contribution < -0.4 is 11.1 Å². The van der Waals surface area contributed by atoms with Crippen LogP contribution in [0.3, 0.4) is 0 Å². The summed E-state index contributed by atoms with van der Waals surface area (Å²) < 4.78 is 0. The Morgan fingerprint density at radius 1 is 1.42 bits per heavy atom. The van der Waals surface area contributed by atoms with Gasteiger partial charge in [-0.15, -0.1) is 35.3 Å². The van der Waals surface area contributed by atoms with Crippen molar-refractivity contribution in [3.8, 4) is 0 Å². The van der Waals surface area contributed by atoms with Crippen molar-refractivity contribution >= 4 is 41.3 Å². The summed E-state index contributed by atoms with van der Waals surface area (Å²) in [6.45, 7) is 8.42. The fraction of sp³-hybridized carbons (Fsp3) is 0.643. The number of nitrogens with one attached hydrogen (secondary N) is 1. The molecule has 0 atom stereocenters. The number of hydrogen-bond acceptors (Lipinski definition) is 2. The average Bonchev–Trinajstić information content (AvgIpc) is 2.76. The molecule has 5 heteroatoms. The molecular formula is C14H26IN3S. The lowest BCUT2D eigenvalue weighted by atomic mass is 9.91. The molecule has 110 valence electrons. The summed E-state index contributed by atoms with van der Waals surface area (Å²) >= 11 is 1.78. The summed E-state index contributed by atoms with van der Waals surface area (Å²) in [7, 11) is 0. The van der Waals surface area contributed by atoms with Gasteiger partial charge in [0.2, 0.25) is 0 Å². The Kier molecular flexibility index (Phi) is 9.43. The fourth-order valence-electron chi connectivity index (χ4n) is 1.63. The highest BCUT2D eigenvalue weighted by Gasteiger charge is 2.08. The van der Waals surface area contributed by atoms with Gasteiger partial charge in [-0.25, -0.2) is 0 Å². The SMILES string of the molecule is CC(C)(C)CCCN=C(N)NCCc1cccs1.I. The molecule has 3 nitrogen and oxygen atoms in total. The third-order valence-corrected chi connectivity index (χ3v) is 3.56. The number of rotatable bonds is 6. The Morgan fingerprint density at radius 3 is 2.74 bits per heavy atom. The average molecular weight is 395 g/mol. The van der Waals surface area contributed by atoms with Gasteiger partial charge in [-0.2, -0.15) is 0 Å². The number of aliphatic imine (C=N–C) groups is 1. The van der Waals surface area contributed by atoms with Crippen molar-refractivity contribution in [2.75, 3.05) is 13.1 Å². The Hall–Kier alpha value is -0.300. The number of nitrogens with two attached hydrogens (primary N) is 1. The van der Waals surface area contributed by atoms with E-state index in [2.05, 4.69) is 48.6 Å². The van der Waals surface area contributed by atoms with Crippen LogP contribution in [-0.2, 0) is 6.42 Å². The molecule has 0 saturated carbocycles. The van der Waals surface area contributed by atoms with Gasteiger partial charge >= 0.3 is 0 Å². The molecule has 0 amide bonds. The highest BCUT2D eigenvalue weighted by molar-refractivity contribution is 14.0. The fourth-order valence-corrected chi connectivity index (χ4v) is 2.34. The van der Waals surface area contributed by atoms with Crippen LogP contribution in [0.2, 0.25) is 0 Å². The molecule has 0 unspecified atom stereocenters. The molecule has 0 saturated heterocycles. The lowest BCUT2D eigenvalue weighted by molar-refractivity contribution is 0.368. The molecule has 0 radical (unpaired) electrons. The van der Waals surface area contributed by atoms with Crippen LogP contribution in [0, 0.1) is 5.41 Å². The van der Waals surface area contributed by atoms with Crippen LogP contribution >= 0.6 is 35.3 Å². The van der Waals surface area contributed by atoms with E-state index < -0.39 is 0 Å². The monoisotopic (exact) mass is 395 g/mol. The normalized spacial score (nSPS) is 12.1. The maximum Gasteiger partial charge on any atom is 0.188 e. The van der Waals surface area contributed by atoms with Crippen LogP contribution in [0.5, 0.6) is 0 Å². The first-order valence-corrected chi connectivity index (χ1v) is 7.41. The molecule has 1 heterocycles. The molecular weight excluding hydrogens is 369 g/mol. The topological polar surface area (TPSA) is 50.4 Å².